The fourth-order valence-corrected chi connectivity index (χ4v) is 1.83. The Hall–Kier alpha value is -2.85. The molecule has 1 rings (SSSR count). The number of carboxylic acid groups (broad SMARTS) is 1. The summed E-state index contributed by atoms with van der Waals surface area (Å²) in [6, 6.07) is 5.35. The van der Waals surface area contributed by atoms with Crippen LogP contribution >= 0.6 is 0 Å². The summed E-state index contributed by atoms with van der Waals surface area (Å²) < 4.78 is 4.57. The molecule has 0 aliphatic rings. The van der Waals surface area contributed by atoms with Crippen molar-refractivity contribution in [3.8, 4) is 11.8 Å². The highest BCUT2D eigenvalue weighted by molar-refractivity contribution is 5.96. The molecule has 0 saturated heterocycles. The standard InChI is InChI=1S/C17H19NO6/c1-24-17(23)14(9-10-15(20)21)18-16(22)13-7-5-12(6-8-13)4-2-3-11-19/h5-8,14,19H,3,9-11H2,1H3,(H,18,22)(H,20,21). The van der Waals surface area contributed by atoms with Gasteiger partial charge in [-0.05, 0) is 30.7 Å². The van der Waals surface area contributed by atoms with Crippen molar-refractivity contribution in [2.75, 3.05) is 13.7 Å². The van der Waals surface area contributed by atoms with E-state index in [1.165, 1.54) is 7.11 Å². The number of methoxy groups -OCH3 is 1. The van der Waals surface area contributed by atoms with E-state index in [2.05, 4.69) is 21.9 Å². The summed E-state index contributed by atoms with van der Waals surface area (Å²) in [5.74, 6) is 3.32. The van der Waals surface area contributed by atoms with Gasteiger partial charge in [-0.15, -0.1) is 0 Å². The van der Waals surface area contributed by atoms with Gasteiger partial charge in [0.25, 0.3) is 5.91 Å². The first-order chi connectivity index (χ1) is 11.5. The van der Waals surface area contributed by atoms with E-state index in [1.54, 1.807) is 24.3 Å². The molecule has 0 bridgehead atoms. The Morgan fingerprint density at radius 1 is 1.25 bits per heavy atom. The topological polar surface area (TPSA) is 113 Å². The highest BCUT2D eigenvalue weighted by atomic mass is 16.5. The number of carbonyl (C=O) groups is 3. The summed E-state index contributed by atoms with van der Waals surface area (Å²) in [6.07, 6.45) is 0.0462. The largest absolute Gasteiger partial charge is 0.481 e. The van der Waals surface area contributed by atoms with Crippen LogP contribution in [-0.4, -0.2) is 47.8 Å². The lowest BCUT2D eigenvalue weighted by Crippen LogP contribution is -2.41. The summed E-state index contributed by atoms with van der Waals surface area (Å²) in [5.41, 5.74) is 1.00. The van der Waals surface area contributed by atoms with E-state index in [-0.39, 0.29) is 19.4 Å². The van der Waals surface area contributed by atoms with Gasteiger partial charge in [-0.1, -0.05) is 11.8 Å². The van der Waals surface area contributed by atoms with Crippen LogP contribution in [0.3, 0.4) is 0 Å². The SMILES string of the molecule is COC(=O)C(CCC(=O)O)NC(=O)c1ccc(C#CCCO)cc1. The molecule has 1 aromatic carbocycles. The van der Waals surface area contributed by atoms with Crippen LogP contribution in [-0.2, 0) is 14.3 Å². The Bertz CT molecular complexity index is 641. The summed E-state index contributed by atoms with van der Waals surface area (Å²) in [4.78, 5) is 34.4. The minimum atomic E-state index is -1.07. The first-order valence-electron chi connectivity index (χ1n) is 7.28. The van der Waals surface area contributed by atoms with Crippen molar-refractivity contribution in [1.29, 1.82) is 0 Å². The van der Waals surface area contributed by atoms with E-state index in [1.807, 2.05) is 0 Å². The monoisotopic (exact) mass is 333 g/mol. The Kier molecular flexibility index (Phi) is 8.02. The normalized spacial score (nSPS) is 10.9. The quantitative estimate of drug-likeness (QED) is 0.496. The third kappa shape index (κ3) is 6.50. The van der Waals surface area contributed by atoms with Crippen molar-refractivity contribution in [3.05, 3.63) is 35.4 Å². The molecule has 1 atom stereocenters. The predicted molar refractivity (Wildman–Crippen MR) is 85.2 cm³/mol. The fourth-order valence-electron chi connectivity index (χ4n) is 1.83. The maximum Gasteiger partial charge on any atom is 0.328 e. The Morgan fingerprint density at radius 3 is 2.46 bits per heavy atom. The predicted octanol–water partition coefficient (Wildman–Crippen LogP) is 0.557. The summed E-state index contributed by atoms with van der Waals surface area (Å²) >= 11 is 0. The molecule has 1 aromatic rings. The molecular formula is C17H19NO6. The lowest BCUT2D eigenvalue weighted by molar-refractivity contribution is -0.143. The van der Waals surface area contributed by atoms with Gasteiger partial charge in [-0.25, -0.2) is 4.79 Å². The number of aliphatic hydroxyl groups is 1. The third-order valence-electron chi connectivity index (χ3n) is 3.05. The minimum absolute atomic E-state index is 0.0151. The number of carboxylic acids is 1. The molecule has 0 aliphatic carbocycles. The molecule has 24 heavy (non-hydrogen) atoms. The van der Waals surface area contributed by atoms with E-state index in [0.29, 0.717) is 17.5 Å². The number of rotatable bonds is 7. The number of aliphatic carboxylic acids is 1. The highest BCUT2D eigenvalue weighted by Crippen LogP contribution is 2.06. The van der Waals surface area contributed by atoms with Gasteiger partial charge in [0.05, 0.1) is 13.7 Å². The number of esters is 1. The van der Waals surface area contributed by atoms with Crippen LogP contribution in [0.2, 0.25) is 0 Å². The van der Waals surface area contributed by atoms with Crippen LogP contribution in [0.4, 0.5) is 0 Å². The van der Waals surface area contributed by atoms with Gasteiger partial charge in [0.15, 0.2) is 0 Å². The summed E-state index contributed by atoms with van der Waals surface area (Å²) in [5, 5.41) is 19.8. The van der Waals surface area contributed by atoms with E-state index in [0.717, 1.165) is 0 Å². The number of benzene rings is 1. The second-order valence-electron chi connectivity index (χ2n) is 4.83. The van der Waals surface area contributed by atoms with Crippen molar-refractivity contribution >= 4 is 17.8 Å². The average Bonchev–Trinajstić information content (AvgIpc) is 2.58. The molecule has 0 radical (unpaired) electrons. The first-order valence-corrected chi connectivity index (χ1v) is 7.28. The number of aliphatic hydroxyl groups excluding tert-OH is 1. The molecule has 128 valence electrons. The zero-order valence-corrected chi connectivity index (χ0v) is 13.2. The van der Waals surface area contributed by atoms with Gasteiger partial charge < -0.3 is 20.3 Å². The van der Waals surface area contributed by atoms with Crippen LogP contribution in [0, 0.1) is 11.8 Å². The smallest absolute Gasteiger partial charge is 0.328 e. The van der Waals surface area contributed by atoms with Crippen molar-refractivity contribution in [3.63, 3.8) is 0 Å². The van der Waals surface area contributed by atoms with Gasteiger partial charge in [0.1, 0.15) is 6.04 Å². The average molecular weight is 333 g/mol. The molecule has 0 saturated carbocycles. The van der Waals surface area contributed by atoms with Gasteiger partial charge in [0.2, 0.25) is 0 Å². The number of carbonyl (C=O) groups excluding carboxylic acids is 2. The number of hydrogen-bond donors (Lipinski definition) is 3. The second-order valence-corrected chi connectivity index (χ2v) is 4.83. The summed E-state index contributed by atoms with van der Waals surface area (Å²) in [7, 11) is 1.17. The lowest BCUT2D eigenvalue weighted by Gasteiger charge is -2.15. The molecule has 7 heteroatoms. The fraction of sp³-hybridized carbons (Fsp3) is 0.353. The molecule has 7 nitrogen and oxygen atoms in total. The van der Waals surface area contributed by atoms with E-state index in [4.69, 9.17) is 10.2 Å². The maximum absolute atomic E-state index is 12.2. The van der Waals surface area contributed by atoms with Gasteiger partial charge in [-0.2, -0.15) is 0 Å². The summed E-state index contributed by atoms with van der Waals surface area (Å²) in [6.45, 7) is -0.0151. The molecule has 0 fully saturated rings. The van der Waals surface area contributed by atoms with Gasteiger partial charge >= 0.3 is 11.9 Å². The second kappa shape index (κ2) is 10.0. The zero-order chi connectivity index (χ0) is 17.9. The van der Waals surface area contributed by atoms with Crippen LogP contribution in [0.5, 0.6) is 0 Å². The third-order valence-corrected chi connectivity index (χ3v) is 3.05. The van der Waals surface area contributed by atoms with E-state index < -0.39 is 23.9 Å². The molecule has 0 aromatic heterocycles. The van der Waals surface area contributed by atoms with E-state index >= 15 is 0 Å². The van der Waals surface area contributed by atoms with Crippen molar-refractivity contribution in [2.45, 2.75) is 25.3 Å². The highest BCUT2D eigenvalue weighted by Gasteiger charge is 2.22. The minimum Gasteiger partial charge on any atom is -0.481 e. The number of ether oxygens (including phenoxy) is 1. The van der Waals surface area contributed by atoms with Crippen LogP contribution in [0.1, 0.15) is 35.2 Å². The molecule has 0 heterocycles. The van der Waals surface area contributed by atoms with Crippen molar-refractivity contribution < 1.29 is 29.3 Å². The number of amides is 1. The van der Waals surface area contributed by atoms with Crippen molar-refractivity contribution in [1.82, 2.24) is 5.32 Å². The molecule has 0 aliphatic heterocycles. The van der Waals surface area contributed by atoms with Crippen molar-refractivity contribution in [2.24, 2.45) is 0 Å². The van der Waals surface area contributed by atoms with Gasteiger partial charge in [0, 0.05) is 24.0 Å². The van der Waals surface area contributed by atoms with Crippen LogP contribution in [0.15, 0.2) is 24.3 Å². The van der Waals surface area contributed by atoms with Gasteiger partial charge in [-0.3, -0.25) is 9.59 Å². The Morgan fingerprint density at radius 2 is 1.92 bits per heavy atom. The molecule has 1 unspecified atom stereocenters. The molecular weight excluding hydrogens is 314 g/mol. The number of hydrogen-bond acceptors (Lipinski definition) is 5. The number of nitrogens with one attached hydrogen (secondary N) is 1. The van der Waals surface area contributed by atoms with Crippen LogP contribution in [0.25, 0.3) is 0 Å². The first kappa shape index (κ1) is 19.2. The molecule has 3 N–H and O–H groups in total. The lowest BCUT2D eigenvalue weighted by atomic mass is 10.1. The maximum atomic E-state index is 12.2. The van der Waals surface area contributed by atoms with Crippen LogP contribution < -0.4 is 5.32 Å². The molecule has 0 spiro atoms. The molecule has 1 amide bonds. The zero-order valence-electron chi connectivity index (χ0n) is 13.2. The van der Waals surface area contributed by atoms with E-state index in [9.17, 15) is 14.4 Å². The Balaban J connectivity index is 2.74. The Labute approximate surface area is 139 Å².